The number of nitrogens with one attached hydrogen (secondary N) is 2. The van der Waals surface area contributed by atoms with E-state index in [0.717, 1.165) is 13.1 Å². The van der Waals surface area contributed by atoms with Crippen molar-refractivity contribution >= 4 is 17.3 Å². The Morgan fingerprint density at radius 1 is 1.38 bits per heavy atom. The number of quaternary nitrogens is 1. The molecule has 0 saturated carbocycles. The molecule has 1 saturated heterocycles. The zero-order valence-corrected chi connectivity index (χ0v) is 12.5. The Kier molecular flexibility index (Phi) is 4.90. The van der Waals surface area contributed by atoms with Crippen LogP contribution in [0.5, 0.6) is 0 Å². The van der Waals surface area contributed by atoms with Crippen LogP contribution >= 0.6 is 0 Å². The van der Waals surface area contributed by atoms with Gasteiger partial charge in [-0.2, -0.15) is 0 Å². The number of rotatable bonds is 4. The molecule has 0 radical (unpaired) electrons. The molecule has 1 unspecified atom stereocenters. The summed E-state index contributed by atoms with van der Waals surface area (Å²) in [4.78, 5) is 23.6. The van der Waals surface area contributed by atoms with Crippen molar-refractivity contribution in [1.29, 1.82) is 0 Å². The van der Waals surface area contributed by atoms with Gasteiger partial charge in [0.25, 0.3) is 11.6 Å². The maximum atomic E-state index is 12.1. The summed E-state index contributed by atoms with van der Waals surface area (Å²) in [5.74, 6) is 1.18. The second-order valence-corrected chi connectivity index (χ2v) is 6.14. The summed E-state index contributed by atoms with van der Waals surface area (Å²) in [6.45, 7) is 6.86. The molecule has 6 nitrogen and oxygen atoms in total. The maximum Gasteiger partial charge on any atom is 0.279 e. The predicted octanol–water partition coefficient (Wildman–Crippen LogP) is 1.09. The van der Waals surface area contributed by atoms with Crippen molar-refractivity contribution < 1.29 is 14.6 Å². The molecule has 114 valence electrons. The summed E-state index contributed by atoms with van der Waals surface area (Å²) in [6.07, 6.45) is 1.22. The highest BCUT2D eigenvalue weighted by Crippen LogP contribution is 2.16. The van der Waals surface area contributed by atoms with Gasteiger partial charge in [-0.1, -0.05) is 19.9 Å². The molecule has 0 aromatic heterocycles. The maximum absolute atomic E-state index is 12.1. The minimum atomic E-state index is -0.463. The Morgan fingerprint density at radius 3 is 2.67 bits per heavy atom. The van der Waals surface area contributed by atoms with Crippen LogP contribution in [0.25, 0.3) is 0 Å². The molecule has 6 heteroatoms. The van der Waals surface area contributed by atoms with E-state index < -0.39 is 4.92 Å². The number of benzene rings is 1. The van der Waals surface area contributed by atoms with Crippen molar-refractivity contribution in [3.63, 3.8) is 0 Å². The number of amides is 1. The second kappa shape index (κ2) is 6.67. The van der Waals surface area contributed by atoms with Crippen LogP contribution in [0, 0.1) is 22.0 Å². The Hall–Kier alpha value is -1.95. The van der Waals surface area contributed by atoms with Gasteiger partial charge in [0.1, 0.15) is 0 Å². The third kappa shape index (κ3) is 4.53. The third-order valence-electron chi connectivity index (χ3n) is 3.83. The molecule has 1 fully saturated rings. The molecule has 3 atom stereocenters. The van der Waals surface area contributed by atoms with Crippen LogP contribution in [0.3, 0.4) is 0 Å². The molecule has 1 aliphatic rings. The Morgan fingerprint density at radius 2 is 2.05 bits per heavy atom. The van der Waals surface area contributed by atoms with Crippen molar-refractivity contribution in [2.24, 2.45) is 11.8 Å². The van der Waals surface area contributed by atoms with Crippen molar-refractivity contribution in [3.8, 4) is 0 Å². The zero-order valence-electron chi connectivity index (χ0n) is 12.5. The van der Waals surface area contributed by atoms with E-state index >= 15 is 0 Å². The number of non-ortho nitro benzene ring substituents is 1. The molecule has 1 aromatic carbocycles. The minimum absolute atomic E-state index is 0.0136. The van der Waals surface area contributed by atoms with Gasteiger partial charge in [0.15, 0.2) is 6.54 Å². The smallest absolute Gasteiger partial charge is 0.279 e. The summed E-state index contributed by atoms with van der Waals surface area (Å²) in [7, 11) is 0. The fourth-order valence-corrected chi connectivity index (χ4v) is 3.20. The van der Waals surface area contributed by atoms with Crippen LogP contribution < -0.4 is 10.2 Å². The van der Waals surface area contributed by atoms with Gasteiger partial charge >= 0.3 is 0 Å². The quantitative estimate of drug-likeness (QED) is 0.644. The van der Waals surface area contributed by atoms with E-state index in [2.05, 4.69) is 19.2 Å². The van der Waals surface area contributed by atoms with Crippen LogP contribution in [0.1, 0.15) is 20.3 Å². The lowest BCUT2D eigenvalue weighted by Gasteiger charge is -2.31. The van der Waals surface area contributed by atoms with E-state index in [1.807, 2.05) is 0 Å². The second-order valence-electron chi connectivity index (χ2n) is 6.14. The van der Waals surface area contributed by atoms with E-state index in [0.29, 0.717) is 24.1 Å². The number of nitro groups is 1. The fourth-order valence-electron chi connectivity index (χ4n) is 3.20. The Balaban J connectivity index is 1.92. The molecule has 1 heterocycles. The number of hydrogen-bond acceptors (Lipinski definition) is 3. The van der Waals surface area contributed by atoms with Gasteiger partial charge in [0.05, 0.1) is 18.0 Å². The highest BCUT2D eigenvalue weighted by atomic mass is 16.6. The molecule has 1 aliphatic heterocycles. The van der Waals surface area contributed by atoms with E-state index in [4.69, 9.17) is 0 Å². The number of likely N-dealkylation sites (tertiary alicyclic amines) is 1. The molecule has 21 heavy (non-hydrogen) atoms. The van der Waals surface area contributed by atoms with E-state index in [1.54, 1.807) is 12.1 Å². The summed E-state index contributed by atoms with van der Waals surface area (Å²) in [5.41, 5.74) is 0.465. The van der Waals surface area contributed by atoms with Gasteiger partial charge in [-0.3, -0.25) is 14.9 Å². The highest BCUT2D eigenvalue weighted by molar-refractivity contribution is 5.91. The molecule has 0 bridgehead atoms. The van der Waals surface area contributed by atoms with Crippen molar-refractivity contribution in [2.45, 2.75) is 20.3 Å². The summed E-state index contributed by atoms with van der Waals surface area (Å²) in [6, 6.07) is 6.04. The molecule has 0 spiro atoms. The number of piperidine rings is 1. The first-order chi connectivity index (χ1) is 9.94. The van der Waals surface area contributed by atoms with Crippen LogP contribution in [0.2, 0.25) is 0 Å². The SMILES string of the molecule is C[C@@H]1C[C@H](C)C[NH+](CC(=O)Nc2cccc([N+](=O)[O-])c2)C1. The van der Waals surface area contributed by atoms with Gasteiger partial charge in [0.2, 0.25) is 0 Å². The van der Waals surface area contributed by atoms with Gasteiger partial charge in [-0.25, -0.2) is 0 Å². The number of hydrogen-bond donors (Lipinski definition) is 2. The average molecular weight is 292 g/mol. The minimum Gasteiger partial charge on any atom is -0.327 e. The number of carbonyl (C=O) groups excluding carboxylic acids is 1. The first-order valence-corrected chi connectivity index (χ1v) is 7.32. The van der Waals surface area contributed by atoms with Crippen molar-refractivity contribution in [1.82, 2.24) is 0 Å². The molecule has 1 amide bonds. The lowest BCUT2D eigenvalue weighted by atomic mass is 9.92. The molecule has 1 aromatic rings. The van der Waals surface area contributed by atoms with E-state index in [1.165, 1.54) is 23.5 Å². The van der Waals surface area contributed by atoms with Gasteiger partial charge in [0, 0.05) is 29.7 Å². The zero-order chi connectivity index (χ0) is 15.4. The van der Waals surface area contributed by atoms with Gasteiger partial charge in [-0.15, -0.1) is 0 Å². The van der Waals surface area contributed by atoms with E-state index in [-0.39, 0.29) is 11.6 Å². The summed E-state index contributed by atoms with van der Waals surface area (Å²) < 4.78 is 0. The fraction of sp³-hybridized carbons (Fsp3) is 0.533. The average Bonchev–Trinajstić information content (AvgIpc) is 2.37. The monoisotopic (exact) mass is 292 g/mol. The first kappa shape index (κ1) is 15.4. The third-order valence-corrected chi connectivity index (χ3v) is 3.83. The highest BCUT2D eigenvalue weighted by Gasteiger charge is 2.26. The lowest BCUT2D eigenvalue weighted by Crippen LogP contribution is -3.15. The summed E-state index contributed by atoms with van der Waals surface area (Å²) in [5, 5.41) is 13.5. The number of nitrogens with zero attached hydrogens (tertiary/aromatic N) is 1. The van der Waals surface area contributed by atoms with Crippen LogP contribution in [0.15, 0.2) is 24.3 Å². The normalized spacial score (nSPS) is 25.3. The molecule has 2 rings (SSSR count). The van der Waals surface area contributed by atoms with Crippen LogP contribution in [-0.4, -0.2) is 30.5 Å². The number of anilines is 1. The van der Waals surface area contributed by atoms with Gasteiger partial charge in [-0.05, 0) is 12.5 Å². The van der Waals surface area contributed by atoms with Crippen LogP contribution in [-0.2, 0) is 4.79 Å². The van der Waals surface area contributed by atoms with Crippen LogP contribution in [0.4, 0.5) is 11.4 Å². The standard InChI is InChI=1S/C15H21N3O3/c1-11-6-12(2)9-17(8-11)10-15(19)16-13-4-3-5-14(7-13)18(20)21/h3-5,7,11-12H,6,8-10H2,1-2H3,(H,16,19)/p+1/t11-,12+. The molecule has 0 aliphatic carbocycles. The molecule has 2 N–H and O–H groups in total. The largest absolute Gasteiger partial charge is 0.327 e. The van der Waals surface area contributed by atoms with E-state index in [9.17, 15) is 14.9 Å². The van der Waals surface area contributed by atoms with Crippen molar-refractivity contribution in [3.05, 3.63) is 34.4 Å². The molecular weight excluding hydrogens is 270 g/mol. The van der Waals surface area contributed by atoms with Gasteiger partial charge < -0.3 is 10.2 Å². The van der Waals surface area contributed by atoms with Crippen molar-refractivity contribution in [2.75, 3.05) is 25.0 Å². The predicted molar refractivity (Wildman–Crippen MR) is 80.2 cm³/mol. The number of nitro benzene ring substituents is 1. The topological polar surface area (TPSA) is 76.7 Å². The first-order valence-electron chi connectivity index (χ1n) is 7.32. The Bertz CT molecular complexity index is 523. The summed E-state index contributed by atoms with van der Waals surface area (Å²) >= 11 is 0. The Labute approximate surface area is 124 Å². The lowest BCUT2D eigenvalue weighted by molar-refractivity contribution is -0.904. The molecular formula is C15H22N3O3+. The number of carbonyl (C=O) groups is 1.